The van der Waals surface area contributed by atoms with Crippen LogP contribution < -0.4 is 5.69 Å². The maximum Gasteiger partial charge on any atom is 0.328 e. The van der Waals surface area contributed by atoms with E-state index in [0.29, 0.717) is 0 Å². The minimum absolute atomic E-state index is 0.0257. The second-order valence-electron chi connectivity index (χ2n) is 5.68. The average Bonchev–Trinajstić information content (AvgIpc) is 2.52. The normalized spacial score (nSPS) is 12.1. The van der Waals surface area contributed by atoms with Crippen molar-refractivity contribution >= 4 is 32.9 Å². The lowest BCUT2D eigenvalue weighted by atomic mass is 9.81. The van der Waals surface area contributed by atoms with E-state index in [2.05, 4.69) is 15.9 Å². The molecule has 0 aliphatic heterocycles. The number of carboxylic acid groups (broad SMARTS) is 1. The Morgan fingerprint density at radius 1 is 1.25 bits per heavy atom. The highest BCUT2D eigenvalue weighted by atomic mass is 79.9. The fourth-order valence-electron chi connectivity index (χ4n) is 2.51. The van der Waals surface area contributed by atoms with Crippen LogP contribution in [0, 0.1) is 0 Å². The van der Waals surface area contributed by atoms with Crippen LogP contribution in [0.4, 0.5) is 0 Å². The minimum Gasteiger partial charge on any atom is -0.481 e. The van der Waals surface area contributed by atoms with Gasteiger partial charge in [-0.2, -0.15) is 0 Å². The summed E-state index contributed by atoms with van der Waals surface area (Å²) >= 11 is 3.49. The molecule has 6 heteroatoms. The first-order valence-corrected chi connectivity index (χ1v) is 7.01. The van der Waals surface area contributed by atoms with Gasteiger partial charge in [-0.3, -0.25) is 13.9 Å². The molecule has 2 aromatic rings. The number of hydrogen-bond donors (Lipinski definition) is 1. The zero-order chi connectivity index (χ0) is 15.2. The summed E-state index contributed by atoms with van der Waals surface area (Å²) in [6.45, 7) is 3.77. The van der Waals surface area contributed by atoms with Crippen LogP contribution in [0.1, 0.15) is 25.8 Å². The number of aromatic nitrogens is 2. The van der Waals surface area contributed by atoms with E-state index in [9.17, 15) is 9.59 Å². The van der Waals surface area contributed by atoms with Crippen molar-refractivity contribution in [2.24, 2.45) is 14.1 Å². The average molecular weight is 341 g/mol. The van der Waals surface area contributed by atoms with E-state index in [4.69, 9.17) is 5.11 Å². The van der Waals surface area contributed by atoms with Gasteiger partial charge in [0.25, 0.3) is 0 Å². The number of aryl methyl sites for hydroxylation is 2. The molecule has 0 amide bonds. The Bertz CT molecular complexity index is 756. The predicted molar refractivity (Wildman–Crippen MR) is 81.1 cm³/mol. The molecule has 0 saturated carbocycles. The molecule has 1 N–H and O–H groups in total. The Labute approximate surface area is 125 Å². The highest BCUT2D eigenvalue weighted by Gasteiger charge is 2.27. The Morgan fingerprint density at radius 3 is 2.25 bits per heavy atom. The largest absolute Gasteiger partial charge is 0.481 e. The monoisotopic (exact) mass is 340 g/mol. The number of halogens is 1. The second-order valence-corrected chi connectivity index (χ2v) is 6.53. The third-order valence-corrected chi connectivity index (χ3v) is 4.34. The van der Waals surface area contributed by atoms with Gasteiger partial charge >= 0.3 is 11.7 Å². The Hall–Kier alpha value is -1.56. The molecule has 1 heterocycles. The van der Waals surface area contributed by atoms with E-state index >= 15 is 0 Å². The van der Waals surface area contributed by atoms with Crippen LogP contribution in [-0.2, 0) is 24.3 Å². The highest BCUT2D eigenvalue weighted by molar-refractivity contribution is 9.10. The van der Waals surface area contributed by atoms with Crippen molar-refractivity contribution in [1.29, 1.82) is 0 Å². The van der Waals surface area contributed by atoms with Crippen LogP contribution in [0.2, 0.25) is 0 Å². The summed E-state index contributed by atoms with van der Waals surface area (Å²) in [6.07, 6.45) is 0.0257. The van der Waals surface area contributed by atoms with Gasteiger partial charge in [-0.05, 0) is 17.7 Å². The Kier molecular flexibility index (Phi) is 3.54. The molecule has 1 aromatic heterocycles. The Morgan fingerprint density at radius 2 is 1.75 bits per heavy atom. The molecule has 1 aromatic carbocycles. The lowest BCUT2D eigenvalue weighted by Gasteiger charge is -2.24. The first kappa shape index (κ1) is 14.8. The number of carbonyl (C=O) groups is 1. The summed E-state index contributed by atoms with van der Waals surface area (Å²) in [5, 5.41) is 9.04. The second kappa shape index (κ2) is 4.77. The first-order chi connectivity index (χ1) is 9.15. The third-order valence-electron chi connectivity index (χ3n) is 3.68. The van der Waals surface area contributed by atoms with Gasteiger partial charge < -0.3 is 5.11 Å². The van der Waals surface area contributed by atoms with E-state index in [1.165, 1.54) is 0 Å². The predicted octanol–water partition coefficient (Wildman–Crippen LogP) is 2.39. The van der Waals surface area contributed by atoms with E-state index in [1.807, 2.05) is 26.0 Å². The molecule has 108 valence electrons. The maximum absolute atomic E-state index is 12.0. The van der Waals surface area contributed by atoms with Crippen molar-refractivity contribution in [3.63, 3.8) is 0 Å². The lowest BCUT2D eigenvalue weighted by molar-refractivity contribution is -0.138. The van der Waals surface area contributed by atoms with E-state index in [0.717, 1.165) is 21.1 Å². The number of nitrogens with zero attached hydrogens (tertiary/aromatic N) is 2. The summed E-state index contributed by atoms with van der Waals surface area (Å²) in [5.74, 6) is -0.844. The number of carboxylic acids is 1. The molecule has 0 aliphatic rings. The van der Waals surface area contributed by atoms with Gasteiger partial charge in [-0.1, -0.05) is 29.8 Å². The van der Waals surface area contributed by atoms with Crippen molar-refractivity contribution in [1.82, 2.24) is 9.13 Å². The van der Waals surface area contributed by atoms with Crippen LogP contribution in [0.5, 0.6) is 0 Å². The molecule has 2 rings (SSSR count). The van der Waals surface area contributed by atoms with E-state index < -0.39 is 11.4 Å². The molecule has 0 unspecified atom stereocenters. The lowest BCUT2D eigenvalue weighted by Crippen LogP contribution is -2.22. The van der Waals surface area contributed by atoms with Crippen molar-refractivity contribution in [2.45, 2.75) is 25.7 Å². The third kappa shape index (κ3) is 2.28. The van der Waals surface area contributed by atoms with E-state index in [-0.39, 0.29) is 12.1 Å². The zero-order valence-electron chi connectivity index (χ0n) is 11.9. The molecule has 0 fully saturated rings. The van der Waals surface area contributed by atoms with Crippen molar-refractivity contribution < 1.29 is 9.90 Å². The van der Waals surface area contributed by atoms with Crippen LogP contribution in [0.3, 0.4) is 0 Å². The molecule has 0 radical (unpaired) electrons. The first-order valence-electron chi connectivity index (χ1n) is 6.22. The highest BCUT2D eigenvalue weighted by Crippen LogP contribution is 2.35. The molecule has 20 heavy (non-hydrogen) atoms. The van der Waals surface area contributed by atoms with Crippen LogP contribution >= 0.6 is 15.9 Å². The standard InChI is InChI=1S/C14H17BrN2O3/c1-14(2,7-12(18)19)8-5-10-11(6-9(8)15)17(4)13(20)16(10)3/h5-6H,7H2,1-4H3,(H,18,19). The van der Waals surface area contributed by atoms with Crippen LogP contribution in [0.25, 0.3) is 11.0 Å². The fraction of sp³-hybridized carbons (Fsp3) is 0.429. The van der Waals surface area contributed by atoms with Gasteiger partial charge in [-0.15, -0.1) is 0 Å². The van der Waals surface area contributed by atoms with Crippen molar-refractivity contribution in [3.05, 3.63) is 32.7 Å². The van der Waals surface area contributed by atoms with Gasteiger partial charge in [0.05, 0.1) is 17.5 Å². The van der Waals surface area contributed by atoms with E-state index in [1.54, 1.807) is 23.2 Å². The minimum atomic E-state index is -0.844. The topological polar surface area (TPSA) is 64.2 Å². The zero-order valence-corrected chi connectivity index (χ0v) is 13.5. The summed E-state index contributed by atoms with van der Waals surface area (Å²) in [4.78, 5) is 23.0. The van der Waals surface area contributed by atoms with Gasteiger partial charge in [0, 0.05) is 24.0 Å². The molecule has 5 nitrogen and oxygen atoms in total. The number of imidazole rings is 1. The smallest absolute Gasteiger partial charge is 0.328 e. The van der Waals surface area contributed by atoms with Gasteiger partial charge in [0.15, 0.2) is 0 Å². The molecule has 0 bridgehead atoms. The van der Waals surface area contributed by atoms with Crippen molar-refractivity contribution in [3.8, 4) is 0 Å². The summed E-state index contributed by atoms with van der Waals surface area (Å²) in [6, 6.07) is 3.76. The van der Waals surface area contributed by atoms with Gasteiger partial charge in [0.1, 0.15) is 0 Å². The molecular weight excluding hydrogens is 324 g/mol. The number of fused-ring (bicyclic) bond motifs is 1. The SMILES string of the molecule is Cn1c(=O)n(C)c2cc(C(C)(C)CC(=O)O)c(Br)cc21. The van der Waals surface area contributed by atoms with Crippen molar-refractivity contribution in [2.75, 3.05) is 0 Å². The summed E-state index contributed by atoms with van der Waals surface area (Å²) in [7, 11) is 3.44. The van der Waals surface area contributed by atoms with Gasteiger partial charge in [-0.25, -0.2) is 4.79 Å². The molecule has 0 aliphatic carbocycles. The fourth-order valence-corrected chi connectivity index (χ4v) is 3.38. The Balaban J connectivity index is 2.73. The molecule has 0 saturated heterocycles. The van der Waals surface area contributed by atoms with Gasteiger partial charge in [0.2, 0.25) is 0 Å². The number of hydrogen-bond acceptors (Lipinski definition) is 2. The number of rotatable bonds is 3. The number of aliphatic carboxylic acids is 1. The molecular formula is C14H17BrN2O3. The van der Waals surface area contributed by atoms with Crippen LogP contribution in [-0.4, -0.2) is 20.2 Å². The summed E-state index contributed by atoms with van der Waals surface area (Å²) in [5.41, 5.74) is 1.88. The molecule has 0 spiro atoms. The maximum atomic E-state index is 12.0. The quantitative estimate of drug-likeness (QED) is 0.932. The summed E-state index contributed by atoms with van der Waals surface area (Å²) < 4.78 is 3.97. The molecule has 0 atom stereocenters. The van der Waals surface area contributed by atoms with Crippen LogP contribution in [0.15, 0.2) is 21.4 Å². The number of benzene rings is 1.